The summed E-state index contributed by atoms with van der Waals surface area (Å²) in [5, 5.41) is 4.02. The number of nitrogens with two attached hydrogens (primary N) is 1. The molecule has 3 N–H and O–H groups in total. The van der Waals surface area contributed by atoms with E-state index in [1.54, 1.807) is 0 Å². The van der Waals surface area contributed by atoms with E-state index in [4.69, 9.17) is 10.7 Å². The van der Waals surface area contributed by atoms with Crippen molar-refractivity contribution in [2.45, 2.75) is 70.6 Å². The molecular formula is C22H29N3OS. The van der Waals surface area contributed by atoms with E-state index >= 15 is 0 Å². The molecule has 0 saturated carbocycles. The van der Waals surface area contributed by atoms with Crippen molar-refractivity contribution in [3.05, 3.63) is 33.9 Å². The van der Waals surface area contributed by atoms with Gasteiger partial charge in [0.15, 0.2) is 0 Å². The molecule has 2 aromatic heterocycles. The summed E-state index contributed by atoms with van der Waals surface area (Å²) in [6, 6.07) is 2.19. The lowest BCUT2D eigenvalue weighted by Crippen LogP contribution is -2.24. The highest BCUT2D eigenvalue weighted by Gasteiger charge is 2.19. The van der Waals surface area contributed by atoms with Gasteiger partial charge in [0.25, 0.3) is 5.91 Å². The summed E-state index contributed by atoms with van der Waals surface area (Å²) in [5.41, 5.74) is 11.0. The van der Waals surface area contributed by atoms with E-state index in [1.165, 1.54) is 79.5 Å². The summed E-state index contributed by atoms with van der Waals surface area (Å²) < 4.78 is 0. The van der Waals surface area contributed by atoms with Crippen LogP contribution in [0.3, 0.4) is 0 Å². The van der Waals surface area contributed by atoms with Crippen molar-refractivity contribution < 1.29 is 4.79 Å². The molecule has 4 rings (SSSR count). The number of aryl methyl sites for hydroxylation is 2. The largest absolute Gasteiger partial charge is 0.397 e. The van der Waals surface area contributed by atoms with E-state index in [-0.39, 0.29) is 5.91 Å². The van der Waals surface area contributed by atoms with Crippen molar-refractivity contribution >= 4 is 33.1 Å². The first-order valence-electron chi connectivity index (χ1n) is 10.4. The number of hydrogen-bond donors (Lipinski definition) is 2. The lowest BCUT2D eigenvalue weighted by molar-refractivity contribution is 0.0959. The predicted octanol–water partition coefficient (Wildman–Crippen LogP) is 5.16. The molecule has 0 aromatic carbocycles. The third kappa shape index (κ3) is 4.18. The van der Waals surface area contributed by atoms with Gasteiger partial charge in [-0.3, -0.25) is 4.79 Å². The molecule has 2 aliphatic rings. The van der Waals surface area contributed by atoms with Gasteiger partial charge in [-0.1, -0.05) is 24.5 Å². The number of allylic oxidation sites excluding steroid dienone is 1. The second-order valence-electron chi connectivity index (χ2n) is 7.82. The number of nitrogens with zero attached hydrogens (tertiary/aromatic N) is 1. The van der Waals surface area contributed by atoms with Crippen molar-refractivity contribution in [2.24, 2.45) is 0 Å². The van der Waals surface area contributed by atoms with E-state index in [2.05, 4.69) is 17.5 Å². The maximum Gasteiger partial charge on any atom is 0.263 e. The maximum absolute atomic E-state index is 12.7. The molecule has 2 aliphatic carbocycles. The fourth-order valence-electron chi connectivity index (χ4n) is 4.23. The second kappa shape index (κ2) is 8.42. The van der Waals surface area contributed by atoms with Crippen LogP contribution in [0.4, 0.5) is 5.69 Å². The van der Waals surface area contributed by atoms with E-state index in [1.807, 2.05) is 0 Å². The van der Waals surface area contributed by atoms with E-state index in [0.717, 1.165) is 29.5 Å². The zero-order chi connectivity index (χ0) is 18.6. The molecule has 0 radical (unpaired) electrons. The Balaban J connectivity index is 1.50. The smallest absolute Gasteiger partial charge is 0.263 e. The molecule has 2 heterocycles. The molecule has 0 aliphatic heterocycles. The molecule has 144 valence electrons. The molecule has 0 unspecified atom stereocenters. The Morgan fingerprint density at radius 3 is 2.74 bits per heavy atom. The van der Waals surface area contributed by atoms with Crippen LogP contribution in [0, 0.1) is 0 Å². The minimum Gasteiger partial charge on any atom is -0.397 e. The van der Waals surface area contributed by atoms with Gasteiger partial charge in [0.1, 0.15) is 9.71 Å². The highest BCUT2D eigenvalue weighted by Crippen LogP contribution is 2.35. The van der Waals surface area contributed by atoms with E-state index in [9.17, 15) is 4.79 Å². The average Bonchev–Trinajstić information content (AvgIpc) is 2.98. The SMILES string of the molecule is Nc1c(C(=O)NCCC2=CCCCC2)sc2nc3c(cc12)CCCCCC3. The summed E-state index contributed by atoms with van der Waals surface area (Å²) in [6.45, 7) is 0.683. The third-order valence-electron chi connectivity index (χ3n) is 5.82. The molecule has 0 atom stereocenters. The molecule has 27 heavy (non-hydrogen) atoms. The van der Waals surface area contributed by atoms with Gasteiger partial charge in [-0.15, -0.1) is 11.3 Å². The first-order chi connectivity index (χ1) is 13.2. The lowest BCUT2D eigenvalue weighted by atomic mass is 9.96. The number of anilines is 1. The number of carbonyl (C=O) groups excluding carboxylic acids is 1. The Hall–Kier alpha value is -1.88. The van der Waals surface area contributed by atoms with Crippen LogP contribution in [0.15, 0.2) is 17.7 Å². The molecule has 4 nitrogen and oxygen atoms in total. The van der Waals surface area contributed by atoms with Crippen molar-refractivity contribution in [2.75, 3.05) is 12.3 Å². The van der Waals surface area contributed by atoms with Crippen molar-refractivity contribution in [1.29, 1.82) is 0 Å². The van der Waals surface area contributed by atoms with Crippen LogP contribution in [0.2, 0.25) is 0 Å². The van der Waals surface area contributed by atoms with Crippen molar-refractivity contribution in [3.8, 4) is 0 Å². The zero-order valence-electron chi connectivity index (χ0n) is 16.0. The molecule has 0 spiro atoms. The molecule has 0 fully saturated rings. The Kier molecular flexibility index (Phi) is 5.77. The van der Waals surface area contributed by atoms with Gasteiger partial charge in [0, 0.05) is 17.6 Å². The Morgan fingerprint density at radius 2 is 1.93 bits per heavy atom. The fraction of sp³-hybridized carbons (Fsp3) is 0.545. The number of rotatable bonds is 4. The number of pyridine rings is 1. The van der Waals surface area contributed by atoms with Gasteiger partial charge in [-0.05, 0) is 69.4 Å². The standard InChI is InChI=1S/C22H29N3OS/c23-19-17-14-16-10-6-1-2-7-11-18(16)25-22(17)27-20(19)21(26)24-13-12-15-8-4-3-5-9-15/h8,14H,1-7,9-13,23H2,(H,24,26). The van der Waals surface area contributed by atoms with E-state index < -0.39 is 0 Å². The number of carbonyl (C=O) groups is 1. The van der Waals surface area contributed by atoms with Crippen LogP contribution in [0.5, 0.6) is 0 Å². The summed E-state index contributed by atoms with van der Waals surface area (Å²) in [7, 11) is 0. The van der Waals surface area contributed by atoms with Gasteiger partial charge in [-0.2, -0.15) is 0 Å². The Bertz CT molecular complexity index is 868. The third-order valence-corrected chi connectivity index (χ3v) is 6.94. The number of amides is 1. The van der Waals surface area contributed by atoms with Crippen molar-refractivity contribution in [1.82, 2.24) is 10.3 Å². The van der Waals surface area contributed by atoms with Gasteiger partial charge in [0.05, 0.1) is 5.69 Å². The number of aromatic nitrogens is 1. The second-order valence-corrected chi connectivity index (χ2v) is 8.82. The van der Waals surface area contributed by atoms with E-state index in [0.29, 0.717) is 17.1 Å². The van der Waals surface area contributed by atoms with Gasteiger partial charge < -0.3 is 11.1 Å². The minimum absolute atomic E-state index is 0.0562. The monoisotopic (exact) mass is 383 g/mol. The van der Waals surface area contributed by atoms with Gasteiger partial charge in [0.2, 0.25) is 0 Å². The van der Waals surface area contributed by atoms with Crippen LogP contribution >= 0.6 is 11.3 Å². The highest BCUT2D eigenvalue weighted by atomic mass is 32.1. The number of nitrogens with one attached hydrogen (secondary N) is 1. The van der Waals surface area contributed by atoms with Gasteiger partial charge in [-0.25, -0.2) is 4.98 Å². The highest BCUT2D eigenvalue weighted by molar-refractivity contribution is 7.21. The maximum atomic E-state index is 12.7. The lowest BCUT2D eigenvalue weighted by Gasteiger charge is -2.13. The quantitative estimate of drug-likeness (QED) is 0.717. The Labute approximate surface area is 165 Å². The van der Waals surface area contributed by atoms with Crippen molar-refractivity contribution in [3.63, 3.8) is 0 Å². The number of hydrogen-bond acceptors (Lipinski definition) is 4. The normalized spacial score (nSPS) is 17.7. The number of nitrogen functional groups attached to an aromatic ring is 1. The first kappa shape index (κ1) is 18.5. The van der Waals surface area contributed by atoms with Crippen LogP contribution in [-0.2, 0) is 12.8 Å². The molecule has 2 aromatic rings. The zero-order valence-corrected chi connectivity index (χ0v) is 16.8. The predicted molar refractivity (Wildman–Crippen MR) is 113 cm³/mol. The summed E-state index contributed by atoms with van der Waals surface area (Å²) >= 11 is 1.44. The minimum atomic E-state index is -0.0562. The summed E-state index contributed by atoms with van der Waals surface area (Å²) in [5.74, 6) is -0.0562. The van der Waals surface area contributed by atoms with Crippen LogP contribution in [0.1, 0.15) is 78.7 Å². The first-order valence-corrected chi connectivity index (χ1v) is 11.2. The summed E-state index contributed by atoms with van der Waals surface area (Å²) in [6.07, 6.45) is 15.3. The van der Waals surface area contributed by atoms with Crippen LogP contribution in [-0.4, -0.2) is 17.4 Å². The molecule has 1 amide bonds. The van der Waals surface area contributed by atoms with Gasteiger partial charge >= 0.3 is 0 Å². The molecule has 5 heteroatoms. The molecular weight excluding hydrogens is 354 g/mol. The van der Waals surface area contributed by atoms with Crippen LogP contribution < -0.4 is 11.1 Å². The van der Waals surface area contributed by atoms with Crippen LogP contribution in [0.25, 0.3) is 10.2 Å². The Morgan fingerprint density at radius 1 is 1.11 bits per heavy atom. The number of fused-ring (bicyclic) bond motifs is 2. The molecule has 0 bridgehead atoms. The fourth-order valence-corrected chi connectivity index (χ4v) is 5.24. The average molecular weight is 384 g/mol. The number of thiophene rings is 1. The topological polar surface area (TPSA) is 68.0 Å². The summed E-state index contributed by atoms with van der Waals surface area (Å²) in [4.78, 5) is 19.1. The molecule has 0 saturated heterocycles.